The molecule has 0 amide bonds. The zero-order chi connectivity index (χ0) is 18.6. The number of guanidine groups is 1. The first-order valence-corrected chi connectivity index (χ1v) is 10.2. The molecule has 0 aliphatic carbocycles. The summed E-state index contributed by atoms with van der Waals surface area (Å²) >= 11 is 0. The van der Waals surface area contributed by atoms with E-state index in [1.165, 1.54) is 19.3 Å². The van der Waals surface area contributed by atoms with Gasteiger partial charge in [0.25, 0.3) is 0 Å². The molecule has 1 aliphatic rings. The third kappa shape index (κ3) is 6.65. The van der Waals surface area contributed by atoms with Gasteiger partial charge in [-0.1, -0.05) is 20.3 Å². The van der Waals surface area contributed by atoms with Crippen LogP contribution in [0.5, 0.6) is 0 Å². The molecule has 1 aromatic rings. The highest BCUT2D eigenvalue weighted by Crippen LogP contribution is 2.24. The van der Waals surface area contributed by atoms with Gasteiger partial charge in [0, 0.05) is 20.1 Å². The molecule has 2 rings (SSSR count). The second-order valence-corrected chi connectivity index (χ2v) is 6.89. The fraction of sp³-hybridized carbons (Fsp3) is 0.750. The van der Waals surface area contributed by atoms with Crippen LogP contribution in [0.25, 0.3) is 0 Å². The predicted molar refractivity (Wildman–Crippen MR) is 109 cm³/mol. The molecule has 1 atom stereocenters. The van der Waals surface area contributed by atoms with Crippen LogP contribution in [-0.4, -0.2) is 68.6 Å². The highest BCUT2D eigenvalue weighted by molar-refractivity contribution is 5.79. The summed E-state index contributed by atoms with van der Waals surface area (Å²) in [5, 5.41) is 6.93. The number of nitrogens with zero attached hydrogens (tertiary/aromatic N) is 3. The van der Waals surface area contributed by atoms with E-state index >= 15 is 0 Å². The molecule has 1 saturated heterocycles. The van der Waals surface area contributed by atoms with Gasteiger partial charge < -0.3 is 20.0 Å². The molecule has 1 aliphatic heterocycles. The summed E-state index contributed by atoms with van der Waals surface area (Å²) in [6.07, 6.45) is 6.78. The van der Waals surface area contributed by atoms with E-state index in [1.54, 1.807) is 6.26 Å². The molecule has 1 fully saturated rings. The van der Waals surface area contributed by atoms with Crippen molar-refractivity contribution >= 4 is 5.96 Å². The molecule has 0 spiro atoms. The third-order valence-electron chi connectivity index (χ3n) is 5.23. The van der Waals surface area contributed by atoms with Crippen LogP contribution in [0, 0.1) is 0 Å². The molecule has 0 radical (unpaired) electrons. The smallest absolute Gasteiger partial charge is 0.191 e. The molecule has 1 aromatic heterocycles. The molecule has 148 valence electrons. The molecule has 0 aromatic carbocycles. The number of hydrogen-bond acceptors (Lipinski definition) is 4. The summed E-state index contributed by atoms with van der Waals surface area (Å²) < 4.78 is 5.72. The number of likely N-dealkylation sites (tertiary alicyclic amines) is 1. The van der Waals surface area contributed by atoms with E-state index in [0.29, 0.717) is 0 Å². The van der Waals surface area contributed by atoms with Crippen LogP contribution in [-0.2, 0) is 0 Å². The lowest BCUT2D eigenvalue weighted by atomic mass is 10.1. The van der Waals surface area contributed by atoms with Crippen LogP contribution in [0.2, 0.25) is 0 Å². The molecule has 0 saturated carbocycles. The van der Waals surface area contributed by atoms with Gasteiger partial charge >= 0.3 is 0 Å². The van der Waals surface area contributed by atoms with E-state index in [0.717, 1.165) is 64.0 Å². The van der Waals surface area contributed by atoms with Crippen LogP contribution >= 0.6 is 0 Å². The molecule has 0 bridgehead atoms. The lowest BCUT2D eigenvalue weighted by molar-refractivity contribution is 0.146. The van der Waals surface area contributed by atoms with Crippen molar-refractivity contribution < 1.29 is 4.42 Å². The molecule has 2 N–H and O–H groups in total. The van der Waals surface area contributed by atoms with Crippen molar-refractivity contribution in [1.29, 1.82) is 0 Å². The first-order valence-electron chi connectivity index (χ1n) is 10.2. The first kappa shape index (κ1) is 20.8. The summed E-state index contributed by atoms with van der Waals surface area (Å²) in [5.41, 5.74) is 0. The van der Waals surface area contributed by atoms with Crippen LogP contribution in [0.15, 0.2) is 27.8 Å². The number of piperidine rings is 1. The van der Waals surface area contributed by atoms with E-state index in [-0.39, 0.29) is 6.04 Å². The minimum absolute atomic E-state index is 0.263. The van der Waals surface area contributed by atoms with Crippen LogP contribution in [0.4, 0.5) is 0 Å². The fourth-order valence-electron chi connectivity index (χ4n) is 3.58. The molecule has 1 unspecified atom stereocenters. The average Bonchev–Trinajstić information content (AvgIpc) is 3.22. The van der Waals surface area contributed by atoms with Crippen molar-refractivity contribution in [3.8, 4) is 0 Å². The standard InChI is InChI=1S/C20H37N5O/c1-4-24(5-2)13-10-12-22-20(21-3)23-17-18(19-11-9-16-26-19)25-14-7-6-8-15-25/h9,11,16,18H,4-8,10,12-15,17H2,1-3H3,(H2,21,22,23). The van der Waals surface area contributed by atoms with Crippen molar-refractivity contribution in [3.05, 3.63) is 24.2 Å². The van der Waals surface area contributed by atoms with E-state index in [2.05, 4.69) is 45.3 Å². The Morgan fingerprint density at radius 1 is 1.23 bits per heavy atom. The maximum atomic E-state index is 5.72. The topological polar surface area (TPSA) is 56.0 Å². The SMILES string of the molecule is CCN(CC)CCCNC(=NC)NCC(c1ccco1)N1CCCCC1. The maximum Gasteiger partial charge on any atom is 0.191 e. The average molecular weight is 364 g/mol. The Morgan fingerprint density at radius 2 is 2.00 bits per heavy atom. The zero-order valence-corrected chi connectivity index (χ0v) is 16.8. The summed E-state index contributed by atoms with van der Waals surface area (Å²) in [4.78, 5) is 9.35. The molecule has 2 heterocycles. The summed E-state index contributed by atoms with van der Waals surface area (Å²) in [7, 11) is 1.84. The van der Waals surface area contributed by atoms with Crippen molar-refractivity contribution in [2.75, 3.05) is 52.9 Å². The summed E-state index contributed by atoms with van der Waals surface area (Å²) in [5.74, 6) is 1.91. The highest BCUT2D eigenvalue weighted by atomic mass is 16.3. The maximum absolute atomic E-state index is 5.72. The Hall–Kier alpha value is -1.53. The zero-order valence-electron chi connectivity index (χ0n) is 16.8. The van der Waals surface area contributed by atoms with Crippen molar-refractivity contribution in [2.45, 2.75) is 45.6 Å². The normalized spacial score (nSPS) is 17.5. The Balaban J connectivity index is 1.80. The second kappa shape index (κ2) is 12.0. The van der Waals surface area contributed by atoms with E-state index < -0.39 is 0 Å². The minimum atomic E-state index is 0.263. The predicted octanol–water partition coefficient (Wildman–Crippen LogP) is 2.70. The van der Waals surface area contributed by atoms with E-state index in [9.17, 15) is 0 Å². The molecule has 6 nitrogen and oxygen atoms in total. The van der Waals surface area contributed by atoms with Gasteiger partial charge in [-0.25, -0.2) is 0 Å². The van der Waals surface area contributed by atoms with Crippen molar-refractivity contribution in [3.63, 3.8) is 0 Å². The number of nitrogens with one attached hydrogen (secondary N) is 2. The lowest BCUT2D eigenvalue weighted by Crippen LogP contribution is -2.44. The van der Waals surface area contributed by atoms with E-state index in [1.807, 2.05) is 13.1 Å². The van der Waals surface area contributed by atoms with Gasteiger partial charge in [0.1, 0.15) is 5.76 Å². The Kier molecular flexibility index (Phi) is 9.56. The van der Waals surface area contributed by atoms with E-state index in [4.69, 9.17) is 4.42 Å². The summed E-state index contributed by atoms with van der Waals surface area (Å²) in [6.45, 7) is 11.8. The third-order valence-corrected chi connectivity index (χ3v) is 5.23. The molecule has 26 heavy (non-hydrogen) atoms. The monoisotopic (exact) mass is 363 g/mol. The van der Waals surface area contributed by atoms with Gasteiger partial charge in [-0.15, -0.1) is 0 Å². The highest BCUT2D eigenvalue weighted by Gasteiger charge is 2.24. The van der Waals surface area contributed by atoms with Crippen molar-refractivity contribution in [2.24, 2.45) is 4.99 Å². The number of hydrogen-bond donors (Lipinski definition) is 2. The lowest BCUT2D eigenvalue weighted by Gasteiger charge is -2.33. The van der Waals surface area contributed by atoms with Gasteiger partial charge in [-0.2, -0.15) is 0 Å². The van der Waals surface area contributed by atoms with Crippen molar-refractivity contribution in [1.82, 2.24) is 20.4 Å². The number of aliphatic imine (C=N–C) groups is 1. The van der Waals surface area contributed by atoms with Gasteiger partial charge in [0.05, 0.1) is 12.3 Å². The number of furan rings is 1. The summed E-state index contributed by atoms with van der Waals surface area (Å²) in [6, 6.07) is 4.33. The van der Waals surface area contributed by atoms with Crippen LogP contribution in [0.1, 0.15) is 51.3 Å². The quantitative estimate of drug-likeness (QED) is 0.380. The molecular weight excluding hydrogens is 326 g/mol. The molecular formula is C20H37N5O. The number of rotatable bonds is 10. The largest absolute Gasteiger partial charge is 0.468 e. The Bertz CT molecular complexity index is 492. The second-order valence-electron chi connectivity index (χ2n) is 6.89. The molecule has 6 heteroatoms. The van der Waals surface area contributed by atoms with Gasteiger partial charge in [-0.05, 0) is 64.1 Å². The van der Waals surface area contributed by atoms with Gasteiger partial charge in [0.2, 0.25) is 0 Å². The fourth-order valence-corrected chi connectivity index (χ4v) is 3.58. The Labute approximate surface area is 159 Å². The van der Waals surface area contributed by atoms with Crippen LogP contribution < -0.4 is 10.6 Å². The Morgan fingerprint density at radius 3 is 2.62 bits per heavy atom. The van der Waals surface area contributed by atoms with Crippen LogP contribution in [0.3, 0.4) is 0 Å². The minimum Gasteiger partial charge on any atom is -0.468 e. The van der Waals surface area contributed by atoms with Gasteiger partial charge in [0.15, 0.2) is 5.96 Å². The first-order chi connectivity index (χ1) is 12.8. The van der Waals surface area contributed by atoms with Gasteiger partial charge in [-0.3, -0.25) is 9.89 Å².